The Morgan fingerprint density at radius 3 is 1.12 bits per heavy atom. The number of ether oxygens (including phenoxy) is 1. The molecule has 8 unspecified atom stereocenters. The molecule has 0 saturated carbocycles. The second-order valence-corrected chi connectivity index (χ2v) is 17.5. The third-order valence-electron chi connectivity index (χ3n) is 14.4. The molecule has 5 aromatic carbocycles. The first-order valence-electron chi connectivity index (χ1n) is 18.4. The van der Waals surface area contributed by atoms with Crippen LogP contribution in [0, 0.1) is 0 Å². The Morgan fingerprint density at radius 1 is 0.510 bits per heavy atom. The highest BCUT2D eigenvalue weighted by atomic mass is 31.2. The number of hydrogen-bond donors (Lipinski definition) is 2. The summed E-state index contributed by atoms with van der Waals surface area (Å²) in [5.74, 6) is 1.85. The van der Waals surface area contributed by atoms with Crippen LogP contribution in [0.3, 0.4) is 0 Å². The summed E-state index contributed by atoms with van der Waals surface area (Å²) in [6.07, 6.45) is 3.75. The lowest BCUT2D eigenvalue weighted by Crippen LogP contribution is -2.18. The van der Waals surface area contributed by atoms with Crippen molar-refractivity contribution in [1.29, 1.82) is 0 Å². The lowest BCUT2D eigenvalue weighted by molar-refractivity contribution is -0.132. The molecule has 8 bridgehead atoms. The molecule has 8 atom stereocenters. The molecule has 0 spiro atoms. The summed E-state index contributed by atoms with van der Waals surface area (Å²) in [5.41, 5.74) is 19.8. The fraction of sp³-hybridized carbons (Fsp3) is 0.295. The van der Waals surface area contributed by atoms with Crippen molar-refractivity contribution in [2.45, 2.75) is 80.0 Å². The van der Waals surface area contributed by atoms with Crippen molar-refractivity contribution in [3.05, 3.63) is 162 Å². The van der Waals surface area contributed by atoms with Gasteiger partial charge < -0.3 is 9.26 Å². The highest BCUT2D eigenvalue weighted by molar-refractivity contribution is 7.46. The number of phosphoric ester groups is 1. The van der Waals surface area contributed by atoms with Gasteiger partial charge in [-0.05, 0) is 92.4 Å². The van der Waals surface area contributed by atoms with Crippen LogP contribution < -0.4 is 9.26 Å². The van der Waals surface area contributed by atoms with Crippen LogP contribution in [-0.4, -0.2) is 15.8 Å². The topological polar surface area (TPSA) is 93.1 Å². The Hall–Kier alpha value is -4.48. The average molecular weight is 689 g/mol. The van der Waals surface area contributed by atoms with Gasteiger partial charge in [0.2, 0.25) is 0 Å². The van der Waals surface area contributed by atoms with Crippen LogP contribution in [0.1, 0.15) is 169 Å². The highest BCUT2D eigenvalue weighted by Crippen LogP contribution is 2.72. The summed E-state index contributed by atoms with van der Waals surface area (Å²) in [6.45, 7) is 1.46. The van der Waals surface area contributed by atoms with Crippen molar-refractivity contribution in [3.63, 3.8) is 0 Å². The van der Waals surface area contributed by atoms with Gasteiger partial charge in [-0.2, -0.15) is 0 Å². The summed E-state index contributed by atoms with van der Waals surface area (Å²) in [5, 5.41) is 0. The molecule has 0 amide bonds. The number of carbonyl (C=O) groups is 1. The number of phosphoric acid groups is 1. The van der Waals surface area contributed by atoms with Crippen LogP contribution in [0.2, 0.25) is 0 Å². The van der Waals surface area contributed by atoms with E-state index in [1.54, 1.807) is 0 Å². The number of fused-ring (bicyclic) bond motifs is 32. The van der Waals surface area contributed by atoms with E-state index in [0.717, 1.165) is 47.9 Å². The Kier molecular flexibility index (Phi) is 4.93. The van der Waals surface area contributed by atoms with Gasteiger partial charge >= 0.3 is 13.8 Å². The largest absolute Gasteiger partial charge is 0.524 e. The molecular weight excluding hydrogens is 655 g/mol. The quantitative estimate of drug-likeness (QED) is 0.112. The van der Waals surface area contributed by atoms with E-state index in [2.05, 4.69) is 72.8 Å². The van der Waals surface area contributed by atoms with Gasteiger partial charge in [0.25, 0.3) is 0 Å². The molecule has 0 saturated heterocycles. The van der Waals surface area contributed by atoms with Crippen LogP contribution in [0.4, 0.5) is 0 Å². The zero-order chi connectivity index (χ0) is 33.8. The summed E-state index contributed by atoms with van der Waals surface area (Å²) in [6, 6.07) is 27.3. The molecule has 0 fully saturated rings. The highest BCUT2D eigenvalue weighted by Gasteiger charge is 2.56. The van der Waals surface area contributed by atoms with E-state index in [1.807, 2.05) is 0 Å². The SMILES string of the molecule is CC(=O)Oc1c2c(c(OP(=O)(O)O)c3c1C1CC3c3cc4c(cc31)C1CC4c3ccccc31)C1CC2c2cc3c(cc21)C1CC3c2ccccc21. The summed E-state index contributed by atoms with van der Waals surface area (Å²) in [4.78, 5) is 33.9. The molecule has 2 N–H and O–H groups in total. The van der Waals surface area contributed by atoms with Gasteiger partial charge in [-0.3, -0.25) is 14.6 Å². The summed E-state index contributed by atoms with van der Waals surface area (Å²) in [7, 11) is -4.93. The molecule has 0 aliphatic heterocycles. The monoisotopic (exact) mass is 688 g/mol. The summed E-state index contributed by atoms with van der Waals surface area (Å²) >= 11 is 0. The Morgan fingerprint density at radius 2 is 0.804 bits per heavy atom. The minimum Gasteiger partial charge on any atom is -0.426 e. The molecule has 51 heavy (non-hydrogen) atoms. The van der Waals surface area contributed by atoms with E-state index in [4.69, 9.17) is 9.26 Å². The molecule has 7 heteroatoms. The number of hydrogen-bond acceptors (Lipinski definition) is 4. The molecule has 8 aliphatic carbocycles. The van der Waals surface area contributed by atoms with Gasteiger partial charge in [-0.15, -0.1) is 0 Å². The van der Waals surface area contributed by atoms with Crippen LogP contribution in [0.25, 0.3) is 0 Å². The Balaban J connectivity index is 1.02. The van der Waals surface area contributed by atoms with Gasteiger partial charge in [0, 0.05) is 76.5 Å². The van der Waals surface area contributed by atoms with Crippen LogP contribution >= 0.6 is 7.82 Å². The third kappa shape index (κ3) is 3.26. The standard InChI is InChI=1S/C44H33O6P/c1-18(45)49-43-39-35-16-37(33-14-29-25-10-23(27(29)12-31(33)35)19-6-2-4-8-21(19)25)41(39)44(50-51(46,47)48)42-38-17-36(40(42)43)32-13-28-24-11-26(30(28)15-34(32)38)22-9-5-3-7-20(22)24/h2-9,12-15,23-26,35-38H,10-11,16-17H2,1H3,(H2,46,47,48). The van der Waals surface area contributed by atoms with E-state index in [-0.39, 0.29) is 29.6 Å². The predicted molar refractivity (Wildman–Crippen MR) is 189 cm³/mol. The number of benzene rings is 5. The summed E-state index contributed by atoms with van der Waals surface area (Å²) < 4.78 is 25.1. The van der Waals surface area contributed by atoms with E-state index in [9.17, 15) is 19.1 Å². The van der Waals surface area contributed by atoms with Crippen LogP contribution in [0.5, 0.6) is 11.5 Å². The lowest BCUT2D eigenvalue weighted by Gasteiger charge is -2.32. The zero-order valence-electron chi connectivity index (χ0n) is 27.9. The lowest BCUT2D eigenvalue weighted by atomic mass is 9.74. The Labute approximate surface area is 294 Å². The average Bonchev–Trinajstić information content (AvgIpc) is 3.98. The van der Waals surface area contributed by atoms with Crippen molar-refractivity contribution < 1.29 is 28.4 Å². The molecule has 13 rings (SSSR count). The van der Waals surface area contributed by atoms with Gasteiger partial charge in [-0.25, -0.2) is 4.57 Å². The normalized spacial score (nSPS) is 28.9. The van der Waals surface area contributed by atoms with Crippen molar-refractivity contribution in [3.8, 4) is 11.5 Å². The Bertz CT molecular complexity index is 2440. The van der Waals surface area contributed by atoms with E-state index >= 15 is 0 Å². The van der Waals surface area contributed by atoms with Gasteiger partial charge in [0.15, 0.2) is 0 Å². The smallest absolute Gasteiger partial charge is 0.426 e. The second kappa shape index (κ2) is 8.93. The molecular formula is C44H33O6P. The molecule has 5 aromatic rings. The number of carbonyl (C=O) groups excluding carboxylic acids is 1. The minimum absolute atomic E-state index is 0.0377. The third-order valence-corrected chi connectivity index (χ3v) is 14.8. The number of esters is 1. The van der Waals surface area contributed by atoms with Crippen molar-refractivity contribution in [2.75, 3.05) is 0 Å². The first-order valence-corrected chi connectivity index (χ1v) is 20.0. The maximum absolute atomic E-state index is 13.0. The van der Waals surface area contributed by atoms with Crippen LogP contribution in [0.15, 0.2) is 72.8 Å². The molecule has 8 aliphatic rings. The maximum Gasteiger partial charge on any atom is 0.524 e. The molecule has 0 heterocycles. The fourth-order valence-electron chi connectivity index (χ4n) is 12.9. The second-order valence-electron chi connectivity index (χ2n) is 16.3. The zero-order valence-corrected chi connectivity index (χ0v) is 28.7. The van der Waals surface area contributed by atoms with E-state index in [0.29, 0.717) is 35.2 Å². The van der Waals surface area contributed by atoms with Crippen LogP contribution in [-0.2, 0) is 9.36 Å². The first-order chi connectivity index (χ1) is 24.7. The van der Waals surface area contributed by atoms with E-state index < -0.39 is 7.82 Å². The predicted octanol–water partition coefficient (Wildman–Crippen LogP) is 9.01. The van der Waals surface area contributed by atoms with Gasteiger partial charge in [0.05, 0.1) is 0 Å². The molecule has 0 radical (unpaired) electrons. The first kappa shape index (κ1) is 28.1. The molecule has 250 valence electrons. The van der Waals surface area contributed by atoms with Crippen molar-refractivity contribution in [2.24, 2.45) is 0 Å². The van der Waals surface area contributed by atoms with Crippen molar-refractivity contribution >= 4 is 13.8 Å². The van der Waals surface area contributed by atoms with Gasteiger partial charge in [0.1, 0.15) is 11.5 Å². The minimum atomic E-state index is -4.93. The fourth-order valence-corrected chi connectivity index (χ4v) is 13.3. The van der Waals surface area contributed by atoms with Crippen molar-refractivity contribution in [1.82, 2.24) is 0 Å². The molecule has 0 aromatic heterocycles. The number of rotatable bonds is 3. The molecule has 6 nitrogen and oxygen atoms in total. The van der Waals surface area contributed by atoms with Gasteiger partial charge in [-0.1, -0.05) is 72.8 Å². The maximum atomic E-state index is 13.0. The van der Waals surface area contributed by atoms with E-state index in [1.165, 1.54) is 73.7 Å².